The van der Waals surface area contributed by atoms with E-state index >= 15 is 0 Å². The molecular weight excluding hydrogens is 218 g/mol. The van der Waals surface area contributed by atoms with E-state index in [0.717, 1.165) is 50.5 Å². The SMILES string of the molecule is CCN(CC)CCNC1(C#N)CCSCC1. The number of likely N-dealkylation sites (N-methyl/N-ethyl adjacent to an activating group) is 1. The van der Waals surface area contributed by atoms with Gasteiger partial charge in [-0.15, -0.1) is 0 Å². The topological polar surface area (TPSA) is 39.1 Å². The molecule has 1 rings (SSSR count). The molecule has 1 heterocycles. The molecule has 92 valence electrons. The maximum Gasteiger partial charge on any atom is 0.108 e. The van der Waals surface area contributed by atoms with Crippen molar-refractivity contribution >= 4 is 11.8 Å². The molecule has 0 aromatic heterocycles. The van der Waals surface area contributed by atoms with Crippen LogP contribution in [-0.2, 0) is 0 Å². The largest absolute Gasteiger partial charge is 0.303 e. The standard InChI is InChI=1S/C12H23N3S/c1-3-15(4-2)8-7-14-12(11-13)5-9-16-10-6-12/h14H,3-10H2,1-2H3. The first kappa shape index (κ1) is 13.8. The van der Waals surface area contributed by atoms with E-state index in [9.17, 15) is 5.26 Å². The minimum absolute atomic E-state index is 0.238. The molecule has 1 saturated heterocycles. The van der Waals surface area contributed by atoms with Gasteiger partial charge in [0, 0.05) is 13.1 Å². The average molecular weight is 241 g/mol. The van der Waals surface area contributed by atoms with Gasteiger partial charge >= 0.3 is 0 Å². The van der Waals surface area contributed by atoms with E-state index in [0.29, 0.717) is 0 Å². The summed E-state index contributed by atoms with van der Waals surface area (Å²) in [4.78, 5) is 2.38. The van der Waals surface area contributed by atoms with Crippen molar-refractivity contribution in [2.45, 2.75) is 32.2 Å². The Morgan fingerprint density at radius 1 is 1.31 bits per heavy atom. The molecule has 0 aromatic carbocycles. The highest BCUT2D eigenvalue weighted by atomic mass is 32.2. The highest BCUT2D eigenvalue weighted by Gasteiger charge is 2.31. The van der Waals surface area contributed by atoms with Crippen molar-refractivity contribution in [2.75, 3.05) is 37.7 Å². The van der Waals surface area contributed by atoms with Crippen LogP contribution in [0.3, 0.4) is 0 Å². The highest BCUT2D eigenvalue weighted by molar-refractivity contribution is 7.99. The zero-order valence-electron chi connectivity index (χ0n) is 10.5. The molecule has 0 atom stereocenters. The predicted octanol–water partition coefficient (Wildman–Crippen LogP) is 1.71. The molecule has 0 amide bonds. The summed E-state index contributed by atoms with van der Waals surface area (Å²) in [6.07, 6.45) is 1.98. The van der Waals surface area contributed by atoms with Crippen LogP contribution in [0, 0.1) is 11.3 Å². The molecule has 4 heteroatoms. The zero-order chi connectivity index (χ0) is 11.9. The van der Waals surface area contributed by atoms with Crippen LogP contribution in [0.25, 0.3) is 0 Å². The van der Waals surface area contributed by atoms with Crippen LogP contribution >= 0.6 is 11.8 Å². The van der Waals surface area contributed by atoms with Crippen LogP contribution in [0.15, 0.2) is 0 Å². The Balaban J connectivity index is 2.31. The fraction of sp³-hybridized carbons (Fsp3) is 0.917. The van der Waals surface area contributed by atoms with Gasteiger partial charge in [-0.05, 0) is 37.4 Å². The van der Waals surface area contributed by atoms with Crippen molar-refractivity contribution in [3.05, 3.63) is 0 Å². The lowest BCUT2D eigenvalue weighted by atomic mass is 9.94. The smallest absolute Gasteiger partial charge is 0.108 e. The molecule has 0 saturated carbocycles. The summed E-state index contributed by atoms with van der Waals surface area (Å²) >= 11 is 1.96. The summed E-state index contributed by atoms with van der Waals surface area (Å²) in [6, 6.07) is 2.48. The second-order valence-corrected chi connectivity index (χ2v) is 5.48. The first-order chi connectivity index (χ1) is 7.76. The van der Waals surface area contributed by atoms with Crippen LogP contribution < -0.4 is 5.32 Å². The van der Waals surface area contributed by atoms with Crippen molar-refractivity contribution in [2.24, 2.45) is 0 Å². The lowest BCUT2D eigenvalue weighted by Crippen LogP contribution is -2.49. The van der Waals surface area contributed by atoms with Gasteiger partial charge in [0.1, 0.15) is 5.54 Å². The summed E-state index contributed by atoms with van der Waals surface area (Å²) in [6.45, 7) is 8.52. The van der Waals surface area contributed by atoms with E-state index in [1.807, 2.05) is 11.8 Å². The summed E-state index contributed by atoms with van der Waals surface area (Å²) in [5, 5.41) is 12.8. The number of nitrogens with zero attached hydrogens (tertiary/aromatic N) is 2. The summed E-state index contributed by atoms with van der Waals surface area (Å²) in [5.41, 5.74) is -0.238. The Hall–Kier alpha value is -0.240. The third kappa shape index (κ3) is 3.97. The molecule has 0 unspecified atom stereocenters. The second-order valence-electron chi connectivity index (χ2n) is 4.26. The summed E-state index contributed by atoms with van der Waals surface area (Å²) < 4.78 is 0. The van der Waals surface area contributed by atoms with Crippen molar-refractivity contribution in [1.82, 2.24) is 10.2 Å². The number of nitriles is 1. The number of hydrogen-bond acceptors (Lipinski definition) is 4. The Kier molecular flexibility index (Phi) is 6.18. The van der Waals surface area contributed by atoms with Crippen molar-refractivity contribution < 1.29 is 0 Å². The third-order valence-electron chi connectivity index (χ3n) is 3.35. The zero-order valence-corrected chi connectivity index (χ0v) is 11.3. The van der Waals surface area contributed by atoms with E-state index in [-0.39, 0.29) is 5.54 Å². The molecule has 1 fully saturated rings. The molecule has 3 nitrogen and oxygen atoms in total. The molecule has 0 bridgehead atoms. The van der Waals surface area contributed by atoms with Crippen LogP contribution in [-0.4, -0.2) is 48.1 Å². The summed E-state index contributed by atoms with van der Waals surface area (Å²) in [5.74, 6) is 2.23. The Bertz CT molecular complexity index is 227. The molecular formula is C12H23N3S. The number of hydrogen-bond donors (Lipinski definition) is 1. The van der Waals surface area contributed by atoms with E-state index in [1.54, 1.807) is 0 Å². The first-order valence-corrected chi connectivity index (χ1v) is 7.38. The number of thioether (sulfide) groups is 1. The lowest BCUT2D eigenvalue weighted by molar-refractivity contribution is 0.281. The maximum atomic E-state index is 9.29. The molecule has 0 aromatic rings. The van der Waals surface area contributed by atoms with Gasteiger partial charge in [0.05, 0.1) is 6.07 Å². The van der Waals surface area contributed by atoms with Crippen molar-refractivity contribution in [3.8, 4) is 6.07 Å². The van der Waals surface area contributed by atoms with Crippen LogP contribution in [0.5, 0.6) is 0 Å². The number of rotatable bonds is 6. The predicted molar refractivity (Wildman–Crippen MR) is 70.7 cm³/mol. The minimum Gasteiger partial charge on any atom is -0.303 e. The number of nitrogens with one attached hydrogen (secondary N) is 1. The minimum atomic E-state index is -0.238. The van der Waals surface area contributed by atoms with Gasteiger partial charge in [0.25, 0.3) is 0 Å². The second kappa shape index (κ2) is 7.16. The lowest BCUT2D eigenvalue weighted by Gasteiger charge is -2.32. The molecule has 0 aliphatic carbocycles. The Labute approximate surface area is 104 Å². The molecule has 0 spiro atoms. The molecule has 0 radical (unpaired) electrons. The first-order valence-electron chi connectivity index (χ1n) is 6.22. The van der Waals surface area contributed by atoms with E-state index in [2.05, 4.69) is 30.1 Å². The monoisotopic (exact) mass is 241 g/mol. The van der Waals surface area contributed by atoms with Crippen LogP contribution in [0.2, 0.25) is 0 Å². The van der Waals surface area contributed by atoms with E-state index in [1.165, 1.54) is 0 Å². The van der Waals surface area contributed by atoms with Gasteiger partial charge in [0.2, 0.25) is 0 Å². The summed E-state index contributed by atoms with van der Waals surface area (Å²) in [7, 11) is 0. The maximum absolute atomic E-state index is 9.29. The van der Waals surface area contributed by atoms with Gasteiger partial charge in [-0.3, -0.25) is 5.32 Å². The van der Waals surface area contributed by atoms with Gasteiger partial charge in [-0.2, -0.15) is 17.0 Å². The average Bonchev–Trinajstić information content (AvgIpc) is 2.36. The fourth-order valence-electron chi connectivity index (χ4n) is 2.04. The molecule has 1 aliphatic rings. The van der Waals surface area contributed by atoms with Crippen LogP contribution in [0.4, 0.5) is 0 Å². The molecule has 1 N–H and O–H groups in total. The quantitative estimate of drug-likeness (QED) is 0.768. The normalized spacial score (nSPS) is 19.6. The van der Waals surface area contributed by atoms with Gasteiger partial charge in [-0.25, -0.2) is 0 Å². The third-order valence-corrected chi connectivity index (χ3v) is 4.33. The molecule has 16 heavy (non-hydrogen) atoms. The van der Waals surface area contributed by atoms with Gasteiger partial charge < -0.3 is 4.90 Å². The Morgan fingerprint density at radius 3 is 2.44 bits per heavy atom. The van der Waals surface area contributed by atoms with Crippen molar-refractivity contribution in [3.63, 3.8) is 0 Å². The van der Waals surface area contributed by atoms with E-state index in [4.69, 9.17) is 0 Å². The molecule has 1 aliphatic heterocycles. The van der Waals surface area contributed by atoms with Crippen LogP contribution in [0.1, 0.15) is 26.7 Å². The Morgan fingerprint density at radius 2 is 1.94 bits per heavy atom. The van der Waals surface area contributed by atoms with Gasteiger partial charge in [0.15, 0.2) is 0 Å². The van der Waals surface area contributed by atoms with Gasteiger partial charge in [-0.1, -0.05) is 13.8 Å². The fourth-order valence-corrected chi connectivity index (χ4v) is 3.23. The van der Waals surface area contributed by atoms with E-state index < -0.39 is 0 Å². The van der Waals surface area contributed by atoms with Crippen molar-refractivity contribution in [1.29, 1.82) is 5.26 Å². The highest BCUT2D eigenvalue weighted by Crippen LogP contribution is 2.26.